The van der Waals surface area contributed by atoms with Crippen LogP contribution < -0.4 is 9.62 Å². The molecule has 2 rings (SSSR count). The van der Waals surface area contributed by atoms with Gasteiger partial charge in [-0.2, -0.15) is 0 Å². The van der Waals surface area contributed by atoms with Gasteiger partial charge in [-0.3, -0.25) is 4.79 Å². The number of carbonyl (C=O) groups excluding carboxylic acids is 1. The third-order valence-electron chi connectivity index (χ3n) is 2.63. The second-order valence-corrected chi connectivity index (χ2v) is 6.06. The molecule has 1 amide bonds. The maximum atomic E-state index is 13.1. The minimum Gasteiger partial charge on any atom is -0.311 e. The first-order valence-electron chi connectivity index (χ1n) is 5.38. The molecule has 98 valence electrons. The van der Waals surface area contributed by atoms with Crippen molar-refractivity contribution in [1.82, 2.24) is 4.72 Å². The SMILES string of the molecule is CS(=O)(=O)NC1CC(=O)N(c2cccc(F)c2)C1. The Kier molecular flexibility index (Phi) is 3.36. The lowest BCUT2D eigenvalue weighted by molar-refractivity contribution is -0.117. The topological polar surface area (TPSA) is 66.5 Å². The van der Waals surface area contributed by atoms with Crippen LogP contribution in [0.15, 0.2) is 24.3 Å². The minimum absolute atomic E-state index is 0.0869. The zero-order valence-electron chi connectivity index (χ0n) is 9.76. The van der Waals surface area contributed by atoms with Gasteiger partial charge >= 0.3 is 0 Å². The van der Waals surface area contributed by atoms with Gasteiger partial charge < -0.3 is 4.90 Å². The summed E-state index contributed by atoms with van der Waals surface area (Å²) in [6.45, 7) is 0.218. The third-order valence-corrected chi connectivity index (χ3v) is 3.39. The van der Waals surface area contributed by atoms with Crippen molar-refractivity contribution in [3.8, 4) is 0 Å². The van der Waals surface area contributed by atoms with Crippen molar-refractivity contribution in [3.05, 3.63) is 30.1 Å². The molecule has 18 heavy (non-hydrogen) atoms. The van der Waals surface area contributed by atoms with Crippen molar-refractivity contribution in [2.45, 2.75) is 12.5 Å². The number of hydrogen-bond donors (Lipinski definition) is 1. The summed E-state index contributed by atoms with van der Waals surface area (Å²) in [5.41, 5.74) is 0.442. The number of amides is 1. The van der Waals surface area contributed by atoms with Crippen molar-refractivity contribution in [1.29, 1.82) is 0 Å². The first-order valence-corrected chi connectivity index (χ1v) is 7.27. The predicted octanol–water partition coefficient (Wildman–Crippen LogP) is 0.480. The lowest BCUT2D eigenvalue weighted by Gasteiger charge is -2.16. The molecule has 1 aromatic carbocycles. The van der Waals surface area contributed by atoms with Crippen molar-refractivity contribution >= 4 is 21.6 Å². The standard InChI is InChI=1S/C11H13FN2O3S/c1-18(16,17)13-9-6-11(15)14(7-9)10-4-2-3-8(12)5-10/h2-5,9,13H,6-7H2,1H3. The highest BCUT2D eigenvalue weighted by molar-refractivity contribution is 7.88. The van der Waals surface area contributed by atoms with E-state index in [9.17, 15) is 17.6 Å². The summed E-state index contributed by atoms with van der Waals surface area (Å²) >= 11 is 0. The highest BCUT2D eigenvalue weighted by atomic mass is 32.2. The maximum Gasteiger partial charge on any atom is 0.228 e. The van der Waals surface area contributed by atoms with E-state index in [4.69, 9.17) is 0 Å². The number of anilines is 1. The Labute approximate surface area is 105 Å². The first-order chi connectivity index (χ1) is 8.35. The van der Waals surface area contributed by atoms with Crippen molar-refractivity contribution < 1.29 is 17.6 Å². The molecular weight excluding hydrogens is 259 g/mol. The van der Waals surface area contributed by atoms with Crippen molar-refractivity contribution in [2.24, 2.45) is 0 Å². The number of carbonyl (C=O) groups is 1. The largest absolute Gasteiger partial charge is 0.311 e. The van der Waals surface area contributed by atoms with Crippen LogP contribution in [0.25, 0.3) is 0 Å². The number of nitrogens with one attached hydrogen (secondary N) is 1. The monoisotopic (exact) mass is 272 g/mol. The molecule has 1 aromatic rings. The fourth-order valence-corrected chi connectivity index (χ4v) is 2.75. The first kappa shape index (κ1) is 13.0. The summed E-state index contributed by atoms with van der Waals surface area (Å²) in [4.78, 5) is 13.1. The van der Waals surface area contributed by atoms with Gasteiger partial charge in [0.15, 0.2) is 0 Å². The Morgan fingerprint density at radius 2 is 2.17 bits per heavy atom. The summed E-state index contributed by atoms with van der Waals surface area (Å²) in [5.74, 6) is -0.651. The van der Waals surface area contributed by atoms with Crippen LogP contribution in [0.4, 0.5) is 10.1 Å². The molecule has 1 heterocycles. The average Bonchev–Trinajstić information content (AvgIpc) is 2.56. The molecule has 1 unspecified atom stereocenters. The van der Waals surface area contributed by atoms with E-state index in [-0.39, 0.29) is 18.9 Å². The summed E-state index contributed by atoms with van der Waals surface area (Å²) in [5, 5.41) is 0. The summed E-state index contributed by atoms with van der Waals surface area (Å²) in [6, 6.07) is 5.20. The Morgan fingerprint density at radius 3 is 2.78 bits per heavy atom. The number of benzene rings is 1. The molecule has 0 saturated carbocycles. The molecule has 0 radical (unpaired) electrons. The normalized spacial score (nSPS) is 20.4. The molecule has 1 aliphatic heterocycles. The third kappa shape index (κ3) is 3.05. The second kappa shape index (κ2) is 4.66. The van der Waals surface area contributed by atoms with E-state index in [1.165, 1.54) is 23.1 Å². The Morgan fingerprint density at radius 1 is 1.44 bits per heavy atom. The van der Waals surface area contributed by atoms with Crippen LogP contribution in [0.2, 0.25) is 0 Å². The summed E-state index contributed by atoms with van der Waals surface area (Å²) in [6.07, 6.45) is 1.13. The Bertz CT molecular complexity index is 573. The van der Waals surface area contributed by atoms with Crippen LogP contribution in [0.3, 0.4) is 0 Å². The lowest BCUT2D eigenvalue weighted by atomic mass is 10.3. The summed E-state index contributed by atoms with van der Waals surface area (Å²) < 4.78 is 37.6. The molecule has 0 aromatic heterocycles. The van der Waals surface area contributed by atoms with Crippen LogP contribution in [-0.2, 0) is 14.8 Å². The quantitative estimate of drug-likeness (QED) is 0.870. The van der Waals surface area contributed by atoms with E-state index >= 15 is 0 Å². The van der Waals surface area contributed by atoms with Crippen LogP contribution in [0.5, 0.6) is 0 Å². The summed E-state index contributed by atoms with van der Waals surface area (Å²) in [7, 11) is -3.35. The van der Waals surface area contributed by atoms with Crippen molar-refractivity contribution in [3.63, 3.8) is 0 Å². The molecule has 0 aliphatic carbocycles. The number of hydrogen-bond acceptors (Lipinski definition) is 3. The van der Waals surface area contributed by atoms with Gasteiger partial charge in [-0.25, -0.2) is 17.5 Å². The molecular formula is C11H13FN2O3S. The Hall–Kier alpha value is -1.47. The van der Waals surface area contributed by atoms with Gasteiger partial charge in [0.1, 0.15) is 5.82 Å². The number of rotatable bonds is 3. The molecule has 5 nitrogen and oxygen atoms in total. The fourth-order valence-electron chi connectivity index (χ4n) is 1.98. The molecule has 1 aliphatic rings. The van der Waals surface area contributed by atoms with E-state index in [1.54, 1.807) is 6.07 Å². The highest BCUT2D eigenvalue weighted by Crippen LogP contribution is 2.22. The minimum atomic E-state index is -3.35. The Balaban J connectivity index is 2.15. The van der Waals surface area contributed by atoms with E-state index in [2.05, 4.69) is 4.72 Å². The zero-order valence-corrected chi connectivity index (χ0v) is 10.6. The second-order valence-electron chi connectivity index (χ2n) is 4.28. The highest BCUT2D eigenvalue weighted by Gasteiger charge is 2.32. The molecule has 1 saturated heterocycles. The van der Waals surface area contributed by atoms with Gasteiger partial charge in [0.25, 0.3) is 0 Å². The van der Waals surface area contributed by atoms with E-state index in [1.807, 2.05) is 0 Å². The van der Waals surface area contributed by atoms with Crippen LogP contribution in [0, 0.1) is 5.82 Å². The van der Waals surface area contributed by atoms with Crippen molar-refractivity contribution in [2.75, 3.05) is 17.7 Å². The van der Waals surface area contributed by atoms with Gasteiger partial charge in [0.05, 0.1) is 6.26 Å². The van der Waals surface area contributed by atoms with Gasteiger partial charge in [-0.15, -0.1) is 0 Å². The smallest absolute Gasteiger partial charge is 0.228 e. The molecule has 7 heteroatoms. The molecule has 0 bridgehead atoms. The maximum absolute atomic E-state index is 13.1. The lowest BCUT2D eigenvalue weighted by Crippen LogP contribution is -2.36. The van der Waals surface area contributed by atoms with Crippen LogP contribution in [-0.4, -0.2) is 33.2 Å². The van der Waals surface area contributed by atoms with E-state index in [0.717, 1.165) is 6.26 Å². The van der Waals surface area contributed by atoms with Crippen LogP contribution in [0.1, 0.15) is 6.42 Å². The van der Waals surface area contributed by atoms with Gasteiger partial charge in [-0.05, 0) is 18.2 Å². The van der Waals surface area contributed by atoms with Gasteiger partial charge in [0, 0.05) is 24.7 Å². The fraction of sp³-hybridized carbons (Fsp3) is 0.364. The number of sulfonamides is 1. The number of halogens is 1. The zero-order chi connectivity index (χ0) is 13.3. The average molecular weight is 272 g/mol. The molecule has 1 N–H and O–H groups in total. The van der Waals surface area contributed by atoms with E-state index in [0.29, 0.717) is 5.69 Å². The molecule has 0 spiro atoms. The van der Waals surface area contributed by atoms with Gasteiger partial charge in [0.2, 0.25) is 15.9 Å². The number of nitrogens with zero attached hydrogens (tertiary/aromatic N) is 1. The molecule has 1 atom stereocenters. The van der Waals surface area contributed by atoms with Gasteiger partial charge in [-0.1, -0.05) is 6.07 Å². The van der Waals surface area contributed by atoms with Crippen LogP contribution >= 0.6 is 0 Å². The van der Waals surface area contributed by atoms with E-state index < -0.39 is 21.9 Å². The molecule has 1 fully saturated rings. The predicted molar refractivity (Wildman–Crippen MR) is 65.1 cm³/mol.